The molecule has 2 atom stereocenters. The third kappa shape index (κ3) is 5.13. The summed E-state index contributed by atoms with van der Waals surface area (Å²) in [6.07, 6.45) is 6.60. The molecule has 16 heavy (non-hydrogen) atoms. The Kier molecular flexibility index (Phi) is 5.00. The number of hydrogen-bond acceptors (Lipinski definition) is 2. The topological polar surface area (TPSA) is 21.3 Å². The van der Waals surface area contributed by atoms with E-state index >= 15 is 0 Å². The lowest BCUT2D eigenvalue weighted by molar-refractivity contribution is 0.0827. The van der Waals surface area contributed by atoms with Gasteiger partial charge in [-0.25, -0.2) is 0 Å². The molecule has 0 aromatic rings. The standard InChI is InChI=1S/C14H27NO/c1-6-12(10-15-14(3,4)5)9-13-8-7-11(2)16-13/h9,11,13,15H,6-8,10H2,1-5H3/b12-9+. The molecule has 94 valence electrons. The van der Waals surface area contributed by atoms with Crippen LogP contribution in [0, 0.1) is 0 Å². The summed E-state index contributed by atoms with van der Waals surface area (Å²) in [6, 6.07) is 0. The van der Waals surface area contributed by atoms with E-state index in [0.717, 1.165) is 13.0 Å². The highest BCUT2D eigenvalue weighted by Crippen LogP contribution is 2.21. The summed E-state index contributed by atoms with van der Waals surface area (Å²) >= 11 is 0. The SMILES string of the molecule is CC/C(=C\C1CCC(C)O1)CNC(C)(C)C. The van der Waals surface area contributed by atoms with Gasteiger partial charge in [0, 0.05) is 12.1 Å². The second-order valence-electron chi connectivity index (χ2n) is 5.84. The van der Waals surface area contributed by atoms with Crippen molar-refractivity contribution in [2.75, 3.05) is 6.54 Å². The van der Waals surface area contributed by atoms with Crippen molar-refractivity contribution in [1.29, 1.82) is 0 Å². The average Bonchev–Trinajstić information content (AvgIpc) is 2.57. The van der Waals surface area contributed by atoms with Gasteiger partial charge >= 0.3 is 0 Å². The smallest absolute Gasteiger partial charge is 0.0763 e. The Morgan fingerprint density at radius 3 is 2.50 bits per heavy atom. The van der Waals surface area contributed by atoms with Crippen LogP contribution >= 0.6 is 0 Å². The van der Waals surface area contributed by atoms with Crippen molar-refractivity contribution in [2.24, 2.45) is 0 Å². The highest BCUT2D eigenvalue weighted by molar-refractivity contribution is 5.08. The van der Waals surface area contributed by atoms with Crippen molar-refractivity contribution in [3.63, 3.8) is 0 Å². The fourth-order valence-corrected chi connectivity index (χ4v) is 1.90. The van der Waals surface area contributed by atoms with Gasteiger partial charge in [-0.15, -0.1) is 0 Å². The molecule has 0 amide bonds. The molecule has 1 fully saturated rings. The molecule has 1 aliphatic rings. The first-order chi connectivity index (χ1) is 7.40. The van der Waals surface area contributed by atoms with Gasteiger partial charge in [0.05, 0.1) is 12.2 Å². The van der Waals surface area contributed by atoms with E-state index in [9.17, 15) is 0 Å². The molecule has 2 nitrogen and oxygen atoms in total. The molecule has 0 aromatic carbocycles. The van der Waals surface area contributed by atoms with Gasteiger partial charge in [0.1, 0.15) is 0 Å². The van der Waals surface area contributed by atoms with E-state index in [1.54, 1.807) is 0 Å². The zero-order valence-corrected chi connectivity index (χ0v) is 11.5. The van der Waals surface area contributed by atoms with E-state index in [0.29, 0.717) is 12.2 Å². The third-order valence-electron chi connectivity index (χ3n) is 2.99. The summed E-state index contributed by atoms with van der Waals surface area (Å²) in [6.45, 7) is 12.0. The van der Waals surface area contributed by atoms with Gasteiger partial charge in [0.25, 0.3) is 0 Å². The van der Waals surface area contributed by atoms with Crippen LogP contribution in [0.2, 0.25) is 0 Å². The molecule has 1 aliphatic heterocycles. The van der Waals surface area contributed by atoms with Crippen LogP contribution in [0.15, 0.2) is 11.6 Å². The molecule has 2 heteroatoms. The predicted molar refractivity (Wildman–Crippen MR) is 69.7 cm³/mol. The van der Waals surface area contributed by atoms with E-state index in [1.165, 1.54) is 18.4 Å². The molecule has 2 unspecified atom stereocenters. The molecular weight excluding hydrogens is 198 g/mol. The first kappa shape index (κ1) is 13.7. The number of nitrogens with one attached hydrogen (secondary N) is 1. The molecule has 1 rings (SSSR count). The van der Waals surface area contributed by atoms with Crippen molar-refractivity contribution >= 4 is 0 Å². The number of ether oxygens (including phenoxy) is 1. The third-order valence-corrected chi connectivity index (χ3v) is 2.99. The van der Waals surface area contributed by atoms with Gasteiger partial charge in [0.2, 0.25) is 0 Å². The summed E-state index contributed by atoms with van der Waals surface area (Å²) in [5, 5.41) is 3.53. The lowest BCUT2D eigenvalue weighted by atomic mass is 10.1. The molecule has 1 N–H and O–H groups in total. The second kappa shape index (κ2) is 5.83. The molecule has 0 bridgehead atoms. The first-order valence-corrected chi connectivity index (χ1v) is 6.51. The maximum absolute atomic E-state index is 5.82. The van der Waals surface area contributed by atoms with E-state index < -0.39 is 0 Å². The first-order valence-electron chi connectivity index (χ1n) is 6.51. The summed E-state index contributed by atoms with van der Waals surface area (Å²) in [4.78, 5) is 0. The van der Waals surface area contributed by atoms with E-state index in [4.69, 9.17) is 4.74 Å². The summed E-state index contributed by atoms with van der Waals surface area (Å²) in [5.41, 5.74) is 1.66. The van der Waals surface area contributed by atoms with Crippen LogP contribution in [0.3, 0.4) is 0 Å². The van der Waals surface area contributed by atoms with Crippen molar-refractivity contribution in [3.05, 3.63) is 11.6 Å². The molecule has 0 spiro atoms. The maximum Gasteiger partial charge on any atom is 0.0763 e. The Labute approximate surface area is 100 Å². The average molecular weight is 225 g/mol. The minimum Gasteiger partial charge on any atom is -0.371 e. The van der Waals surface area contributed by atoms with Gasteiger partial charge < -0.3 is 10.1 Å². The molecule has 0 saturated carbocycles. The van der Waals surface area contributed by atoms with E-state index in [1.807, 2.05) is 0 Å². The summed E-state index contributed by atoms with van der Waals surface area (Å²) in [7, 11) is 0. The van der Waals surface area contributed by atoms with Crippen molar-refractivity contribution in [3.8, 4) is 0 Å². The molecule has 1 heterocycles. The highest BCUT2D eigenvalue weighted by Gasteiger charge is 2.20. The highest BCUT2D eigenvalue weighted by atomic mass is 16.5. The van der Waals surface area contributed by atoms with Crippen LogP contribution in [-0.2, 0) is 4.74 Å². The lowest BCUT2D eigenvalue weighted by Gasteiger charge is -2.22. The van der Waals surface area contributed by atoms with Crippen LogP contribution in [0.4, 0.5) is 0 Å². The zero-order chi connectivity index (χ0) is 12.2. The summed E-state index contributed by atoms with van der Waals surface area (Å²) < 4.78 is 5.82. The minimum atomic E-state index is 0.193. The van der Waals surface area contributed by atoms with Gasteiger partial charge in [-0.3, -0.25) is 0 Å². The van der Waals surface area contributed by atoms with Gasteiger partial charge in [-0.05, 0) is 47.0 Å². The van der Waals surface area contributed by atoms with Crippen LogP contribution in [0.1, 0.15) is 53.9 Å². The van der Waals surface area contributed by atoms with Crippen LogP contribution < -0.4 is 5.32 Å². The van der Waals surface area contributed by atoms with Crippen LogP contribution in [0.5, 0.6) is 0 Å². The van der Waals surface area contributed by atoms with Crippen molar-refractivity contribution < 1.29 is 4.74 Å². The Morgan fingerprint density at radius 1 is 1.38 bits per heavy atom. The molecule has 0 aliphatic carbocycles. The predicted octanol–water partition coefficient (Wildman–Crippen LogP) is 3.28. The Bertz CT molecular complexity index is 240. The quantitative estimate of drug-likeness (QED) is 0.741. The van der Waals surface area contributed by atoms with Gasteiger partial charge in [-0.1, -0.05) is 18.6 Å². The normalized spacial score (nSPS) is 27.4. The van der Waals surface area contributed by atoms with Gasteiger partial charge in [-0.2, -0.15) is 0 Å². The maximum atomic E-state index is 5.82. The fourth-order valence-electron chi connectivity index (χ4n) is 1.90. The van der Waals surface area contributed by atoms with E-state index in [2.05, 4.69) is 46.0 Å². The Balaban J connectivity index is 2.44. The second-order valence-corrected chi connectivity index (χ2v) is 5.84. The monoisotopic (exact) mass is 225 g/mol. The summed E-state index contributed by atoms with van der Waals surface area (Å²) in [5.74, 6) is 0. The molecule has 1 saturated heterocycles. The lowest BCUT2D eigenvalue weighted by Crippen LogP contribution is -2.37. The minimum absolute atomic E-state index is 0.193. The Hall–Kier alpha value is -0.340. The fraction of sp³-hybridized carbons (Fsp3) is 0.857. The van der Waals surface area contributed by atoms with Crippen LogP contribution in [-0.4, -0.2) is 24.3 Å². The number of hydrogen-bond donors (Lipinski definition) is 1. The largest absolute Gasteiger partial charge is 0.371 e. The van der Waals surface area contributed by atoms with Crippen molar-refractivity contribution in [2.45, 2.75) is 71.6 Å². The zero-order valence-electron chi connectivity index (χ0n) is 11.5. The van der Waals surface area contributed by atoms with Crippen LogP contribution in [0.25, 0.3) is 0 Å². The Morgan fingerprint density at radius 2 is 2.06 bits per heavy atom. The van der Waals surface area contributed by atoms with Crippen molar-refractivity contribution in [1.82, 2.24) is 5.32 Å². The molecule has 0 aromatic heterocycles. The van der Waals surface area contributed by atoms with Gasteiger partial charge in [0.15, 0.2) is 0 Å². The number of rotatable bonds is 4. The van der Waals surface area contributed by atoms with E-state index in [-0.39, 0.29) is 5.54 Å². The molecular formula is C14H27NO. The molecule has 0 radical (unpaired) electrons.